The number of H-pyrrole nitrogens is 1. The summed E-state index contributed by atoms with van der Waals surface area (Å²) >= 11 is 0. The van der Waals surface area contributed by atoms with Crippen molar-refractivity contribution in [1.82, 2.24) is 9.55 Å². The highest BCUT2D eigenvalue weighted by molar-refractivity contribution is 5.92. The molecule has 0 aliphatic heterocycles. The first-order valence-electron chi connectivity index (χ1n) is 8.84. The van der Waals surface area contributed by atoms with E-state index in [1.165, 1.54) is 38.5 Å². The fraction of sp³-hybridized carbons (Fsp3) is 0.474. The number of nitrogens with zero attached hydrogens (tertiary/aromatic N) is 1. The van der Waals surface area contributed by atoms with Crippen LogP contribution in [0.15, 0.2) is 35.3 Å². The molecule has 2 aromatic rings. The van der Waals surface area contributed by atoms with Crippen LogP contribution in [0.4, 0.5) is 0 Å². The molecule has 0 atom stereocenters. The van der Waals surface area contributed by atoms with Gasteiger partial charge in [0.2, 0.25) is 5.91 Å². The number of aromatic amines is 1. The summed E-state index contributed by atoms with van der Waals surface area (Å²) in [6.07, 6.45) is 12.0. The van der Waals surface area contributed by atoms with Gasteiger partial charge in [0.1, 0.15) is 0 Å². The average molecular weight is 327 g/mol. The molecule has 1 amide bonds. The minimum Gasteiger partial charge on any atom is -0.366 e. The van der Waals surface area contributed by atoms with Crippen LogP contribution in [0.2, 0.25) is 0 Å². The number of rotatable bonds is 7. The normalized spacial score (nSPS) is 15.0. The highest BCUT2D eigenvalue weighted by atomic mass is 16.1. The summed E-state index contributed by atoms with van der Waals surface area (Å²) in [7, 11) is 0. The zero-order valence-corrected chi connectivity index (χ0v) is 14.0. The van der Waals surface area contributed by atoms with Crippen molar-refractivity contribution in [3.8, 4) is 5.69 Å². The van der Waals surface area contributed by atoms with E-state index < -0.39 is 5.91 Å². The van der Waals surface area contributed by atoms with Crippen molar-refractivity contribution >= 4 is 5.91 Å². The lowest BCUT2D eigenvalue weighted by molar-refractivity contribution is 0.100. The lowest BCUT2D eigenvalue weighted by atomic mass is 10.00. The molecule has 1 heterocycles. The number of primary amides is 1. The molecule has 1 aromatic heterocycles. The molecular weight excluding hydrogens is 302 g/mol. The molecule has 0 radical (unpaired) electrons. The molecule has 3 rings (SSSR count). The molecule has 1 aliphatic carbocycles. The van der Waals surface area contributed by atoms with E-state index in [0.29, 0.717) is 5.56 Å². The summed E-state index contributed by atoms with van der Waals surface area (Å²) in [6.45, 7) is 0. The zero-order chi connectivity index (χ0) is 16.9. The number of imidazole rings is 1. The van der Waals surface area contributed by atoms with Crippen molar-refractivity contribution in [3.05, 3.63) is 52.2 Å². The van der Waals surface area contributed by atoms with Crippen molar-refractivity contribution < 1.29 is 4.79 Å². The van der Waals surface area contributed by atoms with E-state index in [1.807, 2.05) is 6.20 Å². The number of carbonyl (C=O) groups is 1. The maximum absolute atomic E-state index is 12.1. The lowest BCUT2D eigenvalue weighted by Crippen LogP contribution is -2.15. The molecule has 1 aromatic carbocycles. The number of carbonyl (C=O) groups excluding carboxylic acids is 1. The molecule has 3 N–H and O–H groups in total. The first-order valence-corrected chi connectivity index (χ1v) is 8.84. The third-order valence-electron chi connectivity index (χ3n) is 4.98. The highest BCUT2D eigenvalue weighted by Crippen LogP contribution is 2.29. The van der Waals surface area contributed by atoms with E-state index in [0.717, 1.165) is 30.1 Å². The van der Waals surface area contributed by atoms with Gasteiger partial charge in [-0.3, -0.25) is 9.36 Å². The van der Waals surface area contributed by atoms with Crippen molar-refractivity contribution in [3.63, 3.8) is 0 Å². The Hall–Kier alpha value is -2.30. The first-order chi connectivity index (χ1) is 11.6. The number of hydrogen-bond acceptors (Lipinski definition) is 2. The number of hydrogen-bond donors (Lipinski definition) is 2. The van der Waals surface area contributed by atoms with Crippen molar-refractivity contribution in [1.29, 1.82) is 0 Å². The fourth-order valence-corrected chi connectivity index (χ4v) is 3.60. The van der Waals surface area contributed by atoms with Crippen LogP contribution >= 0.6 is 0 Å². The van der Waals surface area contributed by atoms with Crippen LogP contribution in [0.1, 0.15) is 61.0 Å². The summed E-state index contributed by atoms with van der Waals surface area (Å²) < 4.78 is 1.58. The van der Waals surface area contributed by atoms with Gasteiger partial charge >= 0.3 is 5.69 Å². The average Bonchev–Trinajstić information content (AvgIpc) is 3.21. The van der Waals surface area contributed by atoms with Gasteiger partial charge in [0.05, 0.1) is 5.69 Å². The summed E-state index contributed by atoms with van der Waals surface area (Å²) in [6, 6.07) is 6.75. The van der Waals surface area contributed by atoms with E-state index in [9.17, 15) is 9.59 Å². The Kier molecular flexibility index (Phi) is 5.18. The van der Waals surface area contributed by atoms with Gasteiger partial charge in [0, 0.05) is 17.5 Å². The molecular formula is C19H25N3O2. The van der Waals surface area contributed by atoms with Gasteiger partial charge in [-0.15, -0.1) is 0 Å². The van der Waals surface area contributed by atoms with Crippen LogP contribution in [-0.2, 0) is 6.42 Å². The molecule has 1 aliphatic rings. The zero-order valence-electron chi connectivity index (χ0n) is 14.0. The standard InChI is InChI=1S/C19H25N3O2/c20-18(23)15-9-11-17(12-10-15)22-13-16(21-19(22)24)8-4-3-7-14-5-1-2-6-14/h9-14H,1-8H2,(H2,20,23)(H,21,24). The number of nitrogens with two attached hydrogens (primary N) is 1. The largest absolute Gasteiger partial charge is 0.366 e. The predicted molar refractivity (Wildman–Crippen MR) is 94.4 cm³/mol. The highest BCUT2D eigenvalue weighted by Gasteiger charge is 2.14. The van der Waals surface area contributed by atoms with Crippen molar-refractivity contribution in [2.75, 3.05) is 0 Å². The second kappa shape index (κ2) is 7.51. The Morgan fingerprint density at radius 1 is 1.17 bits per heavy atom. The van der Waals surface area contributed by atoms with Crippen LogP contribution < -0.4 is 11.4 Å². The van der Waals surface area contributed by atoms with Gasteiger partial charge in [-0.05, 0) is 43.0 Å². The van der Waals surface area contributed by atoms with Crippen molar-refractivity contribution in [2.24, 2.45) is 11.7 Å². The minimum absolute atomic E-state index is 0.146. The molecule has 0 unspecified atom stereocenters. The van der Waals surface area contributed by atoms with Crippen LogP contribution in [0, 0.1) is 5.92 Å². The third-order valence-corrected chi connectivity index (χ3v) is 4.98. The van der Waals surface area contributed by atoms with Gasteiger partial charge in [-0.25, -0.2) is 4.79 Å². The Morgan fingerprint density at radius 3 is 2.54 bits per heavy atom. The van der Waals surface area contributed by atoms with E-state index in [1.54, 1.807) is 28.8 Å². The molecule has 128 valence electrons. The summed E-state index contributed by atoms with van der Waals surface area (Å²) in [5.74, 6) is 0.461. The van der Waals surface area contributed by atoms with Crippen molar-refractivity contribution in [2.45, 2.75) is 51.4 Å². The number of unbranched alkanes of at least 4 members (excludes halogenated alkanes) is 1. The van der Waals surface area contributed by atoms with Crippen LogP contribution in [0.5, 0.6) is 0 Å². The first kappa shape index (κ1) is 16.6. The molecule has 0 spiro atoms. The fourth-order valence-electron chi connectivity index (χ4n) is 3.60. The second-order valence-electron chi connectivity index (χ2n) is 6.76. The molecule has 5 nitrogen and oxygen atoms in total. The van der Waals surface area contributed by atoms with Gasteiger partial charge in [-0.1, -0.05) is 38.5 Å². The molecule has 5 heteroatoms. The van der Waals surface area contributed by atoms with Gasteiger partial charge in [-0.2, -0.15) is 0 Å². The van der Waals surface area contributed by atoms with E-state index in [4.69, 9.17) is 5.73 Å². The third kappa shape index (κ3) is 3.96. The van der Waals surface area contributed by atoms with E-state index >= 15 is 0 Å². The Bertz CT molecular complexity index is 737. The quantitative estimate of drug-likeness (QED) is 0.766. The van der Waals surface area contributed by atoms with Gasteiger partial charge in [0.25, 0.3) is 0 Å². The summed E-state index contributed by atoms with van der Waals surface area (Å²) in [5.41, 5.74) is 7.23. The number of aromatic nitrogens is 2. The van der Waals surface area contributed by atoms with E-state index in [-0.39, 0.29) is 5.69 Å². The maximum Gasteiger partial charge on any atom is 0.330 e. The molecule has 24 heavy (non-hydrogen) atoms. The summed E-state index contributed by atoms with van der Waals surface area (Å²) in [4.78, 5) is 26.2. The van der Waals surface area contributed by atoms with Crippen LogP contribution in [0.25, 0.3) is 5.69 Å². The summed E-state index contributed by atoms with van der Waals surface area (Å²) in [5, 5.41) is 0. The van der Waals surface area contributed by atoms with Crippen LogP contribution in [-0.4, -0.2) is 15.5 Å². The topological polar surface area (TPSA) is 80.9 Å². The molecule has 0 saturated heterocycles. The lowest BCUT2D eigenvalue weighted by Gasteiger charge is -2.07. The maximum atomic E-state index is 12.1. The number of nitrogens with one attached hydrogen (secondary N) is 1. The predicted octanol–water partition coefficient (Wildman–Crippen LogP) is 3.17. The number of benzene rings is 1. The van der Waals surface area contributed by atoms with E-state index in [2.05, 4.69) is 4.98 Å². The SMILES string of the molecule is NC(=O)c1ccc(-n2cc(CCCCC3CCCC3)[nH]c2=O)cc1. The van der Waals surface area contributed by atoms with Crippen LogP contribution in [0.3, 0.4) is 0 Å². The van der Waals surface area contributed by atoms with Gasteiger partial charge < -0.3 is 10.7 Å². The molecule has 1 fully saturated rings. The Morgan fingerprint density at radius 2 is 1.88 bits per heavy atom. The van der Waals surface area contributed by atoms with Gasteiger partial charge in [0.15, 0.2) is 0 Å². The monoisotopic (exact) mass is 327 g/mol. The second-order valence-corrected chi connectivity index (χ2v) is 6.76. The Labute approximate surface area is 141 Å². The minimum atomic E-state index is -0.467. The number of amides is 1. The Balaban J connectivity index is 1.58. The molecule has 1 saturated carbocycles. The number of aryl methyl sites for hydroxylation is 1. The smallest absolute Gasteiger partial charge is 0.330 e. The molecule has 0 bridgehead atoms.